The van der Waals surface area contributed by atoms with Crippen LogP contribution in [-0.2, 0) is 0 Å². The molecule has 1 aliphatic carbocycles. The van der Waals surface area contributed by atoms with Crippen LogP contribution in [0, 0.1) is 0 Å². The summed E-state index contributed by atoms with van der Waals surface area (Å²) in [7, 11) is 3.57. The van der Waals surface area contributed by atoms with Gasteiger partial charge in [-0.15, -0.1) is 0 Å². The first-order valence-corrected chi connectivity index (χ1v) is 13.5. The summed E-state index contributed by atoms with van der Waals surface area (Å²) in [5.41, 5.74) is 6.03. The lowest BCUT2D eigenvalue weighted by Gasteiger charge is -2.27. The molecule has 0 radical (unpaired) electrons. The van der Waals surface area contributed by atoms with Gasteiger partial charge in [-0.1, -0.05) is 55.7 Å². The lowest BCUT2D eigenvalue weighted by atomic mass is 9.81. The van der Waals surface area contributed by atoms with Crippen molar-refractivity contribution in [1.29, 1.82) is 0 Å². The third-order valence-electron chi connectivity index (χ3n) is 7.84. The molecular weight excluding hydrogens is 444 g/mol. The molecule has 188 valence electrons. The molecule has 1 saturated heterocycles. The maximum atomic E-state index is 12.2. The van der Waals surface area contributed by atoms with Crippen LogP contribution in [-0.4, -0.2) is 44.1 Å². The second-order valence-electron chi connectivity index (χ2n) is 10.5. The van der Waals surface area contributed by atoms with Gasteiger partial charge in [-0.05, 0) is 84.7 Å². The van der Waals surface area contributed by atoms with Crippen molar-refractivity contribution in [3.8, 4) is 16.9 Å². The molecule has 1 saturated carbocycles. The van der Waals surface area contributed by atoms with Crippen molar-refractivity contribution in [3.05, 3.63) is 83.9 Å². The number of hydrogen-bond donors (Lipinski definition) is 0. The van der Waals surface area contributed by atoms with E-state index < -0.39 is 0 Å². The number of benzene rings is 3. The molecule has 4 nitrogen and oxygen atoms in total. The molecule has 0 aromatic heterocycles. The van der Waals surface area contributed by atoms with Gasteiger partial charge in [0.1, 0.15) is 12.4 Å². The fourth-order valence-electron chi connectivity index (χ4n) is 5.86. The Bertz CT molecular complexity index is 1150. The normalized spacial score (nSPS) is 18.3. The molecule has 2 aliphatic rings. The number of carbonyl (C=O) groups excluding carboxylic acids is 1. The number of ether oxygens (including phenoxy) is 1. The third kappa shape index (κ3) is 5.43. The molecule has 4 heteroatoms. The summed E-state index contributed by atoms with van der Waals surface area (Å²) in [6.07, 6.45) is 8.97. The zero-order valence-corrected chi connectivity index (χ0v) is 21.7. The first kappa shape index (κ1) is 24.4. The lowest BCUT2D eigenvalue weighted by molar-refractivity contribution is 0.0827. The molecule has 3 aromatic rings. The Morgan fingerprint density at radius 1 is 0.861 bits per heavy atom. The first-order chi connectivity index (χ1) is 17.6. The fourth-order valence-corrected chi connectivity index (χ4v) is 5.86. The molecule has 0 N–H and O–H groups in total. The van der Waals surface area contributed by atoms with Gasteiger partial charge >= 0.3 is 0 Å². The summed E-state index contributed by atoms with van der Waals surface area (Å²) < 4.78 is 6.27. The molecular formula is C32H38N2O2. The van der Waals surface area contributed by atoms with Crippen LogP contribution in [0.5, 0.6) is 5.75 Å². The van der Waals surface area contributed by atoms with Gasteiger partial charge in [0, 0.05) is 31.9 Å². The number of anilines is 1. The zero-order chi connectivity index (χ0) is 24.9. The summed E-state index contributed by atoms with van der Waals surface area (Å²) in [5, 5.41) is 0. The van der Waals surface area contributed by atoms with E-state index in [0.29, 0.717) is 18.6 Å². The van der Waals surface area contributed by atoms with Crippen molar-refractivity contribution in [3.63, 3.8) is 0 Å². The van der Waals surface area contributed by atoms with Crippen LogP contribution in [0.3, 0.4) is 0 Å². The highest BCUT2D eigenvalue weighted by Crippen LogP contribution is 2.38. The van der Waals surface area contributed by atoms with E-state index in [1.165, 1.54) is 48.8 Å². The largest absolute Gasteiger partial charge is 0.491 e. The van der Waals surface area contributed by atoms with E-state index in [9.17, 15) is 4.79 Å². The van der Waals surface area contributed by atoms with Crippen LogP contribution in [0.4, 0.5) is 5.69 Å². The van der Waals surface area contributed by atoms with Crippen molar-refractivity contribution >= 4 is 11.6 Å². The molecule has 3 aromatic carbocycles. The van der Waals surface area contributed by atoms with Crippen molar-refractivity contribution in [2.24, 2.45) is 0 Å². The molecule has 5 rings (SSSR count). The summed E-state index contributed by atoms with van der Waals surface area (Å²) in [6.45, 7) is 1.68. The van der Waals surface area contributed by atoms with Crippen molar-refractivity contribution in [1.82, 2.24) is 4.90 Å². The van der Waals surface area contributed by atoms with E-state index in [4.69, 9.17) is 4.74 Å². The monoisotopic (exact) mass is 482 g/mol. The smallest absolute Gasteiger partial charge is 0.253 e. The summed E-state index contributed by atoms with van der Waals surface area (Å²) in [4.78, 5) is 16.2. The summed E-state index contributed by atoms with van der Waals surface area (Å²) in [5.74, 6) is 1.65. The van der Waals surface area contributed by atoms with E-state index in [1.807, 2.05) is 12.1 Å². The minimum Gasteiger partial charge on any atom is -0.491 e. The Balaban J connectivity index is 1.23. The van der Waals surface area contributed by atoms with E-state index in [0.717, 1.165) is 36.4 Å². The SMILES string of the molecule is CN(C)C(=O)c1ccc(N2CCC[C@H]2COc2ccc(-c3ccccc3C3CCCCC3)cc2)cc1. The Morgan fingerprint density at radius 3 is 2.31 bits per heavy atom. The van der Waals surface area contributed by atoms with Gasteiger partial charge < -0.3 is 14.5 Å². The van der Waals surface area contributed by atoms with Crippen LogP contribution in [0.25, 0.3) is 11.1 Å². The molecule has 2 fully saturated rings. The topological polar surface area (TPSA) is 32.8 Å². The molecule has 0 bridgehead atoms. The molecule has 1 aliphatic heterocycles. The van der Waals surface area contributed by atoms with E-state index >= 15 is 0 Å². The number of rotatable bonds is 7. The third-order valence-corrected chi connectivity index (χ3v) is 7.84. The Labute approximate surface area is 215 Å². The van der Waals surface area contributed by atoms with Gasteiger partial charge in [-0.25, -0.2) is 0 Å². The van der Waals surface area contributed by atoms with Crippen LogP contribution >= 0.6 is 0 Å². The van der Waals surface area contributed by atoms with E-state index in [-0.39, 0.29) is 5.91 Å². The van der Waals surface area contributed by atoms with Crippen LogP contribution in [0.2, 0.25) is 0 Å². The maximum Gasteiger partial charge on any atom is 0.253 e. The average molecular weight is 483 g/mol. The standard InChI is InChI=1S/C32H38N2O2/c1-33(2)32(35)26-14-18-27(19-15-26)34-22-8-11-28(34)23-36-29-20-16-25(17-21-29)31-13-7-6-12-30(31)24-9-4-3-5-10-24/h6-7,12-21,24,28H,3-5,8-11,22-23H2,1-2H3/t28-/m0/s1. The van der Waals surface area contributed by atoms with Gasteiger partial charge in [-0.2, -0.15) is 0 Å². The number of nitrogens with zero attached hydrogens (tertiary/aromatic N) is 2. The highest BCUT2D eigenvalue weighted by Gasteiger charge is 2.26. The number of hydrogen-bond acceptors (Lipinski definition) is 3. The van der Waals surface area contributed by atoms with Gasteiger partial charge in [0.05, 0.1) is 6.04 Å². The average Bonchev–Trinajstić information content (AvgIpc) is 3.41. The maximum absolute atomic E-state index is 12.2. The second kappa shape index (κ2) is 11.2. The Kier molecular flexibility index (Phi) is 7.60. The number of carbonyl (C=O) groups is 1. The summed E-state index contributed by atoms with van der Waals surface area (Å²) >= 11 is 0. The number of amides is 1. The second-order valence-corrected chi connectivity index (χ2v) is 10.5. The fraction of sp³-hybridized carbons (Fsp3) is 0.406. The predicted molar refractivity (Wildman–Crippen MR) is 148 cm³/mol. The van der Waals surface area contributed by atoms with Crippen molar-refractivity contribution in [2.45, 2.75) is 56.9 Å². The van der Waals surface area contributed by atoms with Crippen molar-refractivity contribution < 1.29 is 9.53 Å². The van der Waals surface area contributed by atoms with Crippen LogP contribution in [0.1, 0.15) is 66.8 Å². The Hall–Kier alpha value is -3.27. The van der Waals surface area contributed by atoms with E-state index in [2.05, 4.69) is 65.6 Å². The minimum atomic E-state index is 0.0349. The molecule has 36 heavy (non-hydrogen) atoms. The lowest BCUT2D eigenvalue weighted by Crippen LogP contribution is -2.34. The first-order valence-electron chi connectivity index (χ1n) is 13.5. The Morgan fingerprint density at radius 2 is 1.58 bits per heavy atom. The highest BCUT2D eigenvalue weighted by molar-refractivity contribution is 5.94. The van der Waals surface area contributed by atoms with Crippen LogP contribution in [0.15, 0.2) is 72.8 Å². The van der Waals surface area contributed by atoms with Crippen molar-refractivity contribution in [2.75, 3.05) is 32.1 Å². The van der Waals surface area contributed by atoms with Gasteiger partial charge in [0.25, 0.3) is 5.91 Å². The summed E-state index contributed by atoms with van der Waals surface area (Å²) in [6, 6.07) is 25.9. The quantitative estimate of drug-likeness (QED) is 0.358. The van der Waals surface area contributed by atoms with Gasteiger partial charge in [-0.3, -0.25) is 4.79 Å². The minimum absolute atomic E-state index is 0.0349. The zero-order valence-electron chi connectivity index (χ0n) is 21.7. The molecule has 0 spiro atoms. The predicted octanol–water partition coefficient (Wildman–Crippen LogP) is 7.15. The molecule has 1 heterocycles. The van der Waals surface area contributed by atoms with E-state index in [1.54, 1.807) is 19.0 Å². The highest BCUT2D eigenvalue weighted by atomic mass is 16.5. The molecule has 1 atom stereocenters. The van der Waals surface area contributed by atoms with Crippen LogP contribution < -0.4 is 9.64 Å². The molecule has 0 unspecified atom stereocenters. The van der Waals surface area contributed by atoms with Gasteiger partial charge in [0.2, 0.25) is 0 Å². The van der Waals surface area contributed by atoms with Gasteiger partial charge in [0.15, 0.2) is 0 Å². The molecule has 1 amide bonds.